The summed E-state index contributed by atoms with van der Waals surface area (Å²) in [5.41, 5.74) is 2.55. The summed E-state index contributed by atoms with van der Waals surface area (Å²) in [5, 5.41) is 20.6. The molecule has 0 aromatic heterocycles. The van der Waals surface area contributed by atoms with E-state index in [4.69, 9.17) is 0 Å². The van der Waals surface area contributed by atoms with Crippen molar-refractivity contribution in [2.75, 3.05) is 17.8 Å². The van der Waals surface area contributed by atoms with Gasteiger partial charge in [-0.2, -0.15) is 23.5 Å². The molecule has 0 saturated heterocycles. The fourth-order valence-electron chi connectivity index (χ4n) is 3.20. The molecule has 2 atom stereocenters. The van der Waals surface area contributed by atoms with Gasteiger partial charge < -0.3 is 10.2 Å². The zero-order valence-electron chi connectivity index (χ0n) is 15.7. The molecule has 2 rings (SSSR count). The number of ketones is 1. The normalized spacial score (nSPS) is 18.6. The quantitative estimate of drug-likeness (QED) is 0.492. The molecule has 26 heavy (non-hydrogen) atoms. The molecule has 1 aromatic rings. The molecule has 0 aliphatic heterocycles. The van der Waals surface area contributed by atoms with Crippen LogP contribution < -0.4 is 0 Å². The molecule has 0 fully saturated rings. The van der Waals surface area contributed by atoms with Gasteiger partial charge >= 0.3 is 0 Å². The maximum Gasteiger partial charge on any atom is 0.198 e. The molecule has 3 nitrogen and oxygen atoms in total. The van der Waals surface area contributed by atoms with Gasteiger partial charge in [0.15, 0.2) is 11.5 Å². The number of hydrogen-bond acceptors (Lipinski definition) is 5. The lowest BCUT2D eigenvalue weighted by Gasteiger charge is -2.16. The monoisotopic (exact) mass is 394 g/mol. The smallest absolute Gasteiger partial charge is 0.198 e. The molecule has 1 unspecified atom stereocenters. The third kappa shape index (κ3) is 5.80. The second-order valence-electron chi connectivity index (χ2n) is 6.73. The summed E-state index contributed by atoms with van der Waals surface area (Å²) >= 11 is 3.59. The van der Waals surface area contributed by atoms with Crippen LogP contribution in [0.4, 0.5) is 0 Å². The Bertz CT molecular complexity index is 610. The predicted octanol–water partition coefficient (Wildman–Crippen LogP) is 5.40. The van der Waals surface area contributed by atoms with Crippen LogP contribution in [0.2, 0.25) is 0 Å². The zero-order chi connectivity index (χ0) is 18.9. The van der Waals surface area contributed by atoms with Crippen molar-refractivity contribution in [2.45, 2.75) is 56.8 Å². The van der Waals surface area contributed by atoms with E-state index in [-0.39, 0.29) is 16.8 Å². The first-order valence-electron chi connectivity index (χ1n) is 9.43. The molecule has 0 bridgehead atoms. The number of benzene rings is 1. The number of carbonyl (C=O) groups excluding carboxylic acids is 1. The minimum atomic E-state index is -0.444. The average molecular weight is 395 g/mol. The maximum absolute atomic E-state index is 12.0. The highest BCUT2D eigenvalue weighted by Crippen LogP contribution is 2.39. The molecule has 2 N–H and O–H groups in total. The van der Waals surface area contributed by atoms with E-state index in [2.05, 4.69) is 13.2 Å². The van der Waals surface area contributed by atoms with Gasteiger partial charge in [0, 0.05) is 17.2 Å². The number of aliphatic hydroxyl groups is 2. The van der Waals surface area contributed by atoms with E-state index in [1.807, 2.05) is 36.0 Å². The van der Waals surface area contributed by atoms with Crippen molar-refractivity contribution < 1.29 is 15.0 Å². The summed E-state index contributed by atoms with van der Waals surface area (Å²) in [4.78, 5) is 12.0. The Hall–Kier alpha value is -0.910. The Morgan fingerprint density at radius 3 is 2.54 bits per heavy atom. The van der Waals surface area contributed by atoms with E-state index in [1.54, 1.807) is 11.8 Å². The van der Waals surface area contributed by atoms with Crippen LogP contribution in [0.25, 0.3) is 5.57 Å². The van der Waals surface area contributed by atoms with Crippen molar-refractivity contribution in [3.63, 3.8) is 0 Å². The van der Waals surface area contributed by atoms with Crippen molar-refractivity contribution in [3.05, 3.63) is 41.2 Å². The van der Waals surface area contributed by atoms with Crippen LogP contribution in [-0.2, 0) is 4.79 Å². The van der Waals surface area contributed by atoms with Crippen molar-refractivity contribution in [3.8, 4) is 0 Å². The number of carbonyl (C=O) groups is 1. The van der Waals surface area contributed by atoms with Crippen molar-refractivity contribution >= 4 is 34.9 Å². The van der Waals surface area contributed by atoms with Crippen LogP contribution in [0.3, 0.4) is 0 Å². The van der Waals surface area contributed by atoms with E-state index in [0.717, 1.165) is 60.3 Å². The van der Waals surface area contributed by atoms with Gasteiger partial charge in [-0.15, -0.1) is 0 Å². The Labute approximate surface area is 165 Å². The predicted molar refractivity (Wildman–Crippen MR) is 114 cm³/mol. The zero-order valence-corrected chi connectivity index (χ0v) is 17.4. The van der Waals surface area contributed by atoms with Gasteiger partial charge in [-0.25, -0.2) is 0 Å². The Morgan fingerprint density at radius 1 is 1.15 bits per heavy atom. The lowest BCUT2D eigenvalue weighted by atomic mass is 9.98. The number of hydrogen-bond donors (Lipinski definition) is 2. The maximum atomic E-state index is 12.0. The van der Waals surface area contributed by atoms with Crippen molar-refractivity contribution in [1.82, 2.24) is 0 Å². The van der Waals surface area contributed by atoms with Crippen LogP contribution >= 0.6 is 23.5 Å². The minimum Gasteiger partial charge on any atom is -0.504 e. The highest BCUT2D eigenvalue weighted by Gasteiger charge is 2.33. The summed E-state index contributed by atoms with van der Waals surface area (Å²) in [6.07, 6.45) is 7.21. The van der Waals surface area contributed by atoms with Gasteiger partial charge in [0.2, 0.25) is 0 Å². The van der Waals surface area contributed by atoms with E-state index in [0.29, 0.717) is 6.42 Å². The van der Waals surface area contributed by atoms with Crippen LogP contribution in [0.15, 0.2) is 30.0 Å². The Morgan fingerprint density at radius 2 is 1.88 bits per heavy atom. The molecule has 1 aliphatic rings. The topological polar surface area (TPSA) is 57.5 Å². The third-order valence-corrected chi connectivity index (χ3v) is 6.74. The highest BCUT2D eigenvalue weighted by molar-refractivity contribution is 8.00. The lowest BCUT2D eigenvalue weighted by molar-refractivity contribution is -0.117. The second-order valence-corrected chi connectivity index (χ2v) is 9.03. The van der Waals surface area contributed by atoms with Gasteiger partial charge in [-0.1, -0.05) is 50.5 Å². The Kier molecular flexibility index (Phi) is 9.09. The third-order valence-electron chi connectivity index (χ3n) is 4.71. The van der Waals surface area contributed by atoms with E-state index >= 15 is 0 Å². The standard InChI is InChI=1S/C21H30O3S2/c1-3-4-5-7-17(22)15-8-10-16(11-9-15)20-19(14-18(23)21(20)24)26-13-6-12-25-2/h8-11,17,19,22,24H,3-7,12-14H2,1-2H3/t17?,19-/m0/s1. The highest BCUT2D eigenvalue weighted by atomic mass is 32.2. The number of allylic oxidation sites excluding steroid dienone is 1. The van der Waals surface area contributed by atoms with E-state index in [9.17, 15) is 15.0 Å². The molecule has 0 amide bonds. The SMILES string of the molecule is CCCCCC(O)c1ccc(C2=C(O)C(=O)C[C@@H]2SCCCSC)cc1. The van der Waals surface area contributed by atoms with E-state index in [1.165, 1.54) is 0 Å². The lowest BCUT2D eigenvalue weighted by Crippen LogP contribution is -2.05. The van der Waals surface area contributed by atoms with Crippen molar-refractivity contribution in [1.29, 1.82) is 0 Å². The molecule has 0 saturated carbocycles. The van der Waals surface area contributed by atoms with Gasteiger partial charge in [-0.3, -0.25) is 4.79 Å². The van der Waals surface area contributed by atoms with Gasteiger partial charge in [0.05, 0.1) is 6.10 Å². The summed E-state index contributed by atoms with van der Waals surface area (Å²) < 4.78 is 0. The van der Waals surface area contributed by atoms with Crippen LogP contribution in [-0.4, -0.2) is 39.0 Å². The minimum absolute atomic E-state index is 0.0321. The Balaban J connectivity index is 2.05. The van der Waals surface area contributed by atoms with Gasteiger partial charge in [0.25, 0.3) is 0 Å². The van der Waals surface area contributed by atoms with E-state index < -0.39 is 6.10 Å². The summed E-state index contributed by atoms with van der Waals surface area (Å²) in [6.45, 7) is 2.15. The van der Waals surface area contributed by atoms with Crippen LogP contribution in [0.1, 0.15) is 62.7 Å². The molecule has 1 aliphatic carbocycles. The number of unbranched alkanes of at least 4 members (excludes halogenated alkanes) is 2. The van der Waals surface area contributed by atoms with Crippen LogP contribution in [0, 0.1) is 0 Å². The molecule has 144 valence electrons. The molecular weight excluding hydrogens is 364 g/mol. The summed E-state index contributed by atoms with van der Waals surface area (Å²) in [6, 6.07) is 7.70. The van der Waals surface area contributed by atoms with Gasteiger partial charge in [-0.05, 0) is 41.7 Å². The fourth-order valence-corrected chi connectivity index (χ4v) is 5.10. The first kappa shape index (κ1) is 21.4. The first-order chi connectivity index (χ1) is 12.6. The fraction of sp³-hybridized carbons (Fsp3) is 0.571. The number of aliphatic hydroxyl groups excluding tert-OH is 2. The summed E-state index contributed by atoms with van der Waals surface area (Å²) in [5.74, 6) is 1.86. The second kappa shape index (κ2) is 11.1. The average Bonchev–Trinajstić information content (AvgIpc) is 2.93. The van der Waals surface area contributed by atoms with Crippen LogP contribution in [0.5, 0.6) is 0 Å². The molecule has 1 aromatic carbocycles. The molecular formula is C21H30O3S2. The number of Topliss-reactive ketones (excluding diaryl/α,β-unsaturated/α-hetero) is 1. The van der Waals surface area contributed by atoms with Crippen molar-refractivity contribution in [2.24, 2.45) is 0 Å². The molecule has 0 radical (unpaired) electrons. The van der Waals surface area contributed by atoms with Gasteiger partial charge in [0.1, 0.15) is 0 Å². The first-order valence-corrected chi connectivity index (χ1v) is 11.9. The molecule has 5 heteroatoms. The number of rotatable bonds is 11. The number of thioether (sulfide) groups is 2. The molecule has 0 spiro atoms. The largest absolute Gasteiger partial charge is 0.504 e. The molecule has 0 heterocycles. The summed E-state index contributed by atoms with van der Waals surface area (Å²) in [7, 11) is 0.